The molecule has 0 unspecified atom stereocenters. The molecule has 3 heterocycles. The molecule has 0 aliphatic carbocycles. The van der Waals surface area contributed by atoms with Crippen molar-refractivity contribution in [3.05, 3.63) is 36.3 Å². The second-order valence-electron chi connectivity index (χ2n) is 6.59. The molecular weight excluding hydrogens is 342 g/mol. The summed E-state index contributed by atoms with van der Waals surface area (Å²) in [5, 5.41) is 8.49. The zero-order valence-electron chi connectivity index (χ0n) is 16.1. The van der Waals surface area contributed by atoms with Crippen LogP contribution in [0.25, 0.3) is 0 Å². The van der Waals surface area contributed by atoms with Crippen LogP contribution in [0.4, 0.5) is 11.8 Å². The number of carbonyl (C=O) groups is 1. The Bertz CT molecular complexity index is 709. The van der Waals surface area contributed by atoms with Crippen molar-refractivity contribution in [2.24, 2.45) is 0 Å². The first-order chi connectivity index (χ1) is 13.2. The summed E-state index contributed by atoms with van der Waals surface area (Å²) in [6, 6.07) is 5.49. The number of hydrogen-bond donors (Lipinski definition) is 0. The minimum absolute atomic E-state index is 0.0692. The molecule has 2 aromatic heterocycles. The fraction of sp³-hybridized carbons (Fsp3) is 0.526. The van der Waals surface area contributed by atoms with E-state index in [1.54, 1.807) is 24.5 Å². The van der Waals surface area contributed by atoms with Crippen molar-refractivity contribution in [2.75, 3.05) is 49.1 Å². The molecule has 0 spiro atoms. The molecule has 3 rings (SSSR count). The van der Waals surface area contributed by atoms with Gasteiger partial charge in [0.15, 0.2) is 11.5 Å². The van der Waals surface area contributed by atoms with Crippen LogP contribution in [0, 0.1) is 0 Å². The van der Waals surface area contributed by atoms with Gasteiger partial charge >= 0.3 is 0 Å². The van der Waals surface area contributed by atoms with Gasteiger partial charge in [-0.1, -0.05) is 13.8 Å². The van der Waals surface area contributed by atoms with Gasteiger partial charge in [-0.3, -0.25) is 4.79 Å². The molecule has 0 radical (unpaired) electrons. The normalized spacial score (nSPS) is 14.3. The van der Waals surface area contributed by atoms with E-state index in [1.807, 2.05) is 11.0 Å². The molecule has 0 saturated carbocycles. The predicted molar refractivity (Wildman–Crippen MR) is 105 cm³/mol. The van der Waals surface area contributed by atoms with Crippen molar-refractivity contribution >= 4 is 17.7 Å². The maximum absolute atomic E-state index is 12.7. The van der Waals surface area contributed by atoms with Crippen LogP contribution in [0.5, 0.6) is 0 Å². The number of aromatic nitrogens is 4. The van der Waals surface area contributed by atoms with Crippen molar-refractivity contribution < 1.29 is 4.79 Å². The highest BCUT2D eigenvalue weighted by atomic mass is 16.2. The van der Waals surface area contributed by atoms with Gasteiger partial charge in [0.2, 0.25) is 5.95 Å². The zero-order chi connectivity index (χ0) is 19.1. The summed E-state index contributed by atoms with van der Waals surface area (Å²) < 4.78 is 0. The highest BCUT2D eigenvalue weighted by molar-refractivity contribution is 5.92. The molecule has 27 heavy (non-hydrogen) atoms. The van der Waals surface area contributed by atoms with Crippen molar-refractivity contribution in [1.82, 2.24) is 25.1 Å². The monoisotopic (exact) mass is 369 g/mol. The van der Waals surface area contributed by atoms with Gasteiger partial charge in [-0.2, -0.15) is 0 Å². The first-order valence-electron chi connectivity index (χ1n) is 9.62. The second-order valence-corrected chi connectivity index (χ2v) is 6.59. The smallest absolute Gasteiger partial charge is 0.274 e. The predicted octanol–water partition coefficient (Wildman–Crippen LogP) is 1.86. The first kappa shape index (κ1) is 19.0. The highest BCUT2D eigenvalue weighted by Gasteiger charge is 2.24. The molecule has 144 valence electrons. The van der Waals surface area contributed by atoms with Gasteiger partial charge in [-0.15, -0.1) is 10.2 Å². The van der Waals surface area contributed by atoms with Gasteiger partial charge in [0.05, 0.1) is 0 Å². The van der Waals surface area contributed by atoms with E-state index >= 15 is 0 Å². The molecule has 1 saturated heterocycles. The topological polar surface area (TPSA) is 78.4 Å². The van der Waals surface area contributed by atoms with Crippen molar-refractivity contribution in [2.45, 2.75) is 26.7 Å². The van der Waals surface area contributed by atoms with Gasteiger partial charge in [0, 0.05) is 51.7 Å². The lowest BCUT2D eigenvalue weighted by Gasteiger charge is -2.34. The van der Waals surface area contributed by atoms with E-state index in [0.29, 0.717) is 37.8 Å². The van der Waals surface area contributed by atoms with Crippen molar-refractivity contribution in [1.29, 1.82) is 0 Å². The number of amides is 1. The Morgan fingerprint density at radius 2 is 1.67 bits per heavy atom. The van der Waals surface area contributed by atoms with E-state index in [2.05, 4.69) is 43.8 Å². The van der Waals surface area contributed by atoms with Gasteiger partial charge in [0.1, 0.15) is 0 Å². The Balaban J connectivity index is 1.60. The summed E-state index contributed by atoms with van der Waals surface area (Å²) in [6.45, 7) is 8.85. The highest BCUT2D eigenvalue weighted by Crippen LogP contribution is 2.14. The van der Waals surface area contributed by atoms with Crippen LogP contribution < -0.4 is 9.80 Å². The number of hydrogen-bond acceptors (Lipinski definition) is 7. The number of nitrogens with zero attached hydrogens (tertiary/aromatic N) is 7. The molecule has 1 fully saturated rings. The van der Waals surface area contributed by atoms with Gasteiger partial charge in [0.25, 0.3) is 5.91 Å². The molecule has 2 aromatic rings. The van der Waals surface area contributed by atoms with E-state index in [-0.39, 0.29) is 5.91 Å². The van der Waals surface area contributed by atoms with Crippen LogP contribution in [0.1, 0.15) is 37.2 Å². The molecule has 0 aromatic carbocycles. The summed E-state index contributed by atoms with van der Waals surface area (Å²) in [7, 11) is 0. The Labute approximate surface area is 160 Å². The lowest BCUT2D eigenvalue weighted by atomic mass is 10.2. The number of carbonyl (C=O) groups excluding carboxylic acids is 1. The van der Waals surface area contributed by atoms with Crippen LogP contribution in [-0.2, 0) is 0 Å². The lowest BCUT2D eigenvalue weighted by molar-refractivity contribution is 0.0739. The second kappa shape index (κ2) is 9.25. The van der Waals surface area contributed by atoms with E-state index in [0.717, 1.165) is 31.7 Å². The number of anilines is 2. The summed E-state index contributed by atoms with van der Waals surface area (Å²) in [5.41, 5.74) is 0.399. The van der Waals surface area contributed by atoms with Gasteiger partial charge in [-0.05, 0) is 31.0 Å². The molecule has 0 N–H and O–H groups in total. The Morgan fingerprint density at radius 1 is 1.00 bits per heavy atom. The Kier molecular flexibility index (Phi) is 6.51. The number of piperazine rings is 1. The van der Waals surface area contributed by atoms with E-state index in [9.17, 15) is 4.79 Å². The summed E-state index contributed by atoms with van der Waals surface area (Å²) in [5.74, 6) is 1.47. The third-order valence-corrected chi connectivity index (χ3v) is 4.58. The summed E-state index contributed by atoms with van der Waals surface area (Å²) in [6.07, 6.45) is 5.57. The molecule has 0 bridgehead atoms. The van der Waals surface area contributed by atoms with Gasteiger partial charge in [-0.25, -0.2) is 9.97 Å². The quantitative estimate of drug-likeness (QED) is 0.737. The minimum Gasteiger partial charge on any atom is -0.355 e. The molecule has 1 amide bonds. The molecule has 1 aliphatic heterocycles. The van der Waals surface area contributed by atoms with Crippen LogP contribution >= 0.6 is 0 Å². The molecule has 0 atom stereocenters. The third-order valence-electron chi connectivity index (χ3n) is 4.58. The SMILES string of the molecule is CCCN(CCC)c1ccc(C(=O)N2CCN(c3ncccn3)CC2)nn1. The van der Waals surface area contributed by atoms with Crippen LogP contribution in [0.3, 0.4) is 0 Å². The van der Waals surface area contributed by atoms with Crippen LogP contribution in [-0.4, -0.2) is 70.2 Å². The summed E-state index contributed by atoms with van der Waals surface area (Å²) >= 11 is 0. The fourth-order valence-corrected chi connectivity index (χ4v) is 3.21. The largest absolute Gasteiger partial charge is 0.355 e. The van der Waals surface area contributed by atoms with Crippen molar-refractivity contribution in [3.63, 3.8) is 0 Å². The first-order valence-corrected chi connectivity index (χ1v) is 9.62. The minimum atomic E-state index is -0.0692. The molecule has 8 nitrogen and oxygen atoms in total. The Hall–Kier alpha value is -2.77. The number of rotatable bonds is 7. The standard InChI is InChI=1S/C19H27N7O/c1-3-10-24(11-4-2)17-7-6-16(22-23-17)18(27)25-12-14-26(15-13-25)19-20-8-5-9-21-19/h5-9H,3-4,10-15H2,1-2H3. The van der Waals surface area contributed by atoms with E-state index < -0.39 is 0 Å². The van der Waals surface area contributed by atoms with Gasteiger partial charge < -0.3 is 14.7 Å². The fourth-order valence-electron chi connectivity index (χ4n) is 3.21. The maximum Gasteiger partial charge on any atom is 0.274 e. The average Bonchev–Trinajstić information content (AvgIpc) is 2.74. The lowest BCUT2D eigenvalue weighted by Crippen LogP contribution is -2.49. The average molecular weight is 369 g/mol. The molecule has 8 heteroatoms. The van der Waals surface area contributed by atoms with E-state index in [4.69, 9.17) is 0 Å². The van der Waals surface area contributed by atoms with Crippen LogP contribution in [0.2, 0.25) is 0 Å². The Morgan fingerprint density at radius 3 is 2.22 bits per heavy atom. The maximum atomic E-state index is 12.7. The van der Waals surface area contributed by atoms with Crippen LogP contribution in [0.15, 0.2) is 30.6 Å². The zero-order valence-corrected chi connectivity index (χ0v) is 16.1. The van der Waals surface area contributed by atoms with Crippen molar-refractivity contribution in [3.8, 4) is 0 Å². The third kappa shape index (κ3) is 4.69. The van der Waals surface area contributed by atoms with E-state index in [1.165, 1.54) is 0 Å². The molecule has 1 aliphatic rings. The molecular formula is C19H27N7O. The summed E-state index contributed by atoms with van der Waals surface area (Å²) in [4.78, 5) is 27.4.